The fourth-order valence-electron chi connectivity index (χ4n) is 3.23. The van der Waals surface area contributed by atoms with E-state index in [9.17, 15) is 4.79 Å². The Morgan fingerprint density at radius 2 is 2.12 bits per heavy atom. The summed E-state index contributed by atoms with van der Waals surface area (Å²) in [4.78, 5) is 23.4. The molecule has 7 nitrogen and oxygen atoms in total. The van der Waals surface area contributed by atoms with Crippen LogP contribution in [0.3, 0.4) is 0 Å². The number of amides is 1. The zero-order valence-corrected chi connectivity index (χ0v) is 14.9. The van der Waals surface area contributed by atoms with Crippen LogP contribution in [0.15, 0.2) is 24.7 Å². The van der Waals surface area contributed by atoms with E-state index >= 15 is 0 Å². The van der Waals surface area contributed by atoms with Gasteiger partial charge in [0.05, 0.1) is 30.6 Å². The van der Waals surface area contributed by atoms with Gasteiger partial charge in [-0.2, -0.15) is 5.10 Å². The monoisotopic (exact) mass is 343 g/mol. The molecule has 1 fully saturated rings. The first-order valence-corrected chi connectivity index (χ1v) is 8.75. The minimum atomic E-state index is 0.106. The quantitative estimate of drug-likeness (QED) is 0.791. The number of carbonyl (C=O) groups is 1. The maximum absolute atomic E-state index is 12.7. The molecule has 1 aliphatic heterocycles. The van der Waals surface area contributed by atoms with Crippen molar-refractivity contribution >= 4 is 5.91 Å². The Kier molecular flexibility index (Phi) is 5.75. The standard InChI is InChI=1S/C18H25N5O2/c1-14-17(20-10-9-19-14)5-3-16-13-25-12-11-23(16)18(24)6-4-15-7-8-21-22(15)2/h7-10,16H,3-6,11-13H2,1-2H3. The van der Waals surface area contributed by atoms with Crippen molar-refractivity contribution < 1.29 is 9.53 Å². The van der Waals surface area contributed by atoms with Crippen LogP contribution in [0.25, 0.3) is 0 Å². The van der Waals surface area contributed by atoms with Gasteiger partial charge >= 0.3 is 0 Å². The van der Waals surface area contributed by atoms with Gasteiger partial charge in [-0.1, -0.05) is 0 Å². The fourth-order valence-corrected chi connectivity index (χ4v) is 3.23. The number of ether oxygens (including phenoxy) is 1. The number of carbonyl (C=O) groups excluding carboxylic acids is 1. The van der Waals surface area contributed by atoms with Crippen molar-refractivity contribution in [2.24, 2.45) is 7.05 Å². The van der Waals surface area contributed by atoms with Gasteiger partial charge in [0.1, 0.15) is 0 Å². The highest BCUT2D eigenvalue weighted by atomic mass is 16.5. The van der Waals surface area contributed by atoms with Gasteiger partial charge in [0.15, 0.2) is 0 Å². The molecule has 25 heavy (non-hydrogen) atoms. The molecule has 2 aromatic rings. The molecule has 0 bridgehead atoms. The SMILES string of the molecule is Cc1nccnc1CCC1COCCN1C(=O)CCc1ccnn1C. The van der Waals surface area contributed by atoms with Gasteiger partial charge in [0, 0.05) is 44.3 Å². The first-order valence-electron chi connectivity index (χ1n) is 8.75. The highest BCUT2D eigenvalue weighted by Crippen LogP contribution is 2.16. The van der Waals surface area contributed by atoms with Crippen LogP contribution in [0.5, 0.6) is 0 Å². The lowest BCUT2D eigenvalue weighted by atomic mass is 10.1. The molecule has 1 amide bonds. The second kappa shape index (κ2) is 8.20. The topological polar surface area (TPSA) is 73.1 Å². The normalized spacial score (nSPS) is 17.7. The summed E-state index contributed by atoms with van der Waals surface area (Å²) in [6, 6.07) is 2.06. The summed E-state index contributed by atoms with van der Waals surface area (Å²) < 4.78 is 7.43. The third kappa shape index (κ3) is 4.42. The van der Waals surface area contributed by atoms with Crippen molar-refractivity contribution in [1.82, 2.24) is 24.6 Å². The molecule has 3 heterocycles. The van der Waals surface area contributed by atoms with Crippen LogP contribution >= 0.6 is 0 Å². The number of nitrogens with zero attached hydrogens (tertiary/aromatic N) is 5. The lowest BCUT2D eigenvalue weighted by molar-refractivity contribution is -0.140. The molecule has 1 unspecified atom stereocenters. The largest absolute Gasteiger partial charge is 0.377 e. The van der Waals surface area contributed by atoms with Gasteiger partial charge in [-0.3, -0.25) is 19.4 Å². The fraction of sp³-hybridized carbons (Fsp3) is 0.556. The zero-order chi connectivity index (χ0) is 17.6. The second-order valence-corrected chi connectivity index (χ2v) is 6.39. The molecule has 0 aliphatic carbocycles. The molecular weight excluding hydrogens is 318 g/mol. The van der Waals surface area contributed by atoms with Gasteiger partial charge in [0.25, 0.3) is 0 Å². The van der Waals surface area contributed by atoms with Crippen molar-refractivity contribution in [3.8, 4) is 0 Å². The summed E-state index contributed by atoms with van der Waals surface area (Å²) in [6.45, 7) is 3.83. The maximum atomic E-state index is 12.7. The van der Waals surface area contributed by atoms with Crippen molar-refractivity contribution in [1.29, 1.82) is 0 Å². The molecular formula is C18H25N5O2. The minimum Gasteiger partial charge on any atom is -0.377 e. The van der Waals surface area contributed by atoms with Crippen LogP contribution < -0.4 is 0 Å². The van der Waals surface area contributed by atoms with E-state index in [1.807, 2.05) is 29.6 Å². The summed E-state index contributed by atoms with van der Waals surface area (Å²) in [5, 5.41) is 4.15. The number of hydrogen-bond donors (Lipinski definition) is 0. The van der Waals surface area contributed by atoms with Crippen LogP contribution in [-0.2, 0) is 29.4 Å². The predicted octanol–water partition coefficient (Wildman–Crippen LogP) is 1.31. The number of morpholine rings is 1. The van der Waals surface area contributed by atoms with Crippen molar-refractivity contribution in [3.05, 3.63) is 41.7 Å². The van der Waals surface area contributed by atoms with E-state index in [-0.39, 0.29) is 11.9 Å². The number of rotatable bonds is 6. The Labute approximate surface area is 148 Å². The molecule has 0 radical (unpaired) electrons. The van der Waals surface area contributed by atoms with E-state index in [4.69, 9.17) is 4.74 Å². The highest BCUT2D eigenvalue weighted by molar-refractivity contribution is 5.76. The second-order valence-electron chi connectivity index (χ2n) is 6.39. The maximum Gasteiger partial charge on any atom is 0.223 e. The third-order valence-corrected chi connectivity index (χ3v) is 4.76. The lowest BCUT2D eigenvalue weighted by Crippen LogP contribution is -2.49. The molecule has 2 aromatic heterocycles. The first-order chi connectivity index (χ1) is 12.1. The molecule has 134 valence electrons. The Morgan fingerprint density at radius 3 is 2.88 bits per heavy atom. The van der Waals surface area contributed by atoms with Crippen LogP contribution in [0.2, 0.25) is 0 Å². The number of hydrogen-bond acceptors (Lipinski definition) is 5. The van der Waals surface area contributed by atoms with Crippen LogP contribution in [0.1, 0.15) is 29.9 Å². The van der Waals surface area contributed by atoms with Crippen LogP contribution in [-0.4, -0.2) is 56.4 Å². The van der Waals surface area contributed by atoms with E-state index in [2.05, 4.69) is 15.1 Å². The lowest BCUT2D eigenvalue weighted by Gasteiger charge is -2.36. The van der Waals surface area contributed by atoms with E-state index in [1.54, 1.807) is 18.6 Å². The van der Waals surface area contributed by atoms with Gasteiger partial charge in [-0.25, -0.2) is 0 Å². The van der Waals surface area contributed by atoms with Crippen molar-refractivity contribution in [3.63, 3.8) is 0 Å². The summed E-state index contributed by atoms with van der Waals surface area (Å²) in [7, 11) is 1.90. The first kappa shape index (κ1) is 17.5. The minimum absolute atomic E-state index is 0.106. The summed E-state index contributed by atoms with van der Waals surface area (Å²) in [5.41, 5.74) is 3.03. The van der Waals surface area contributed by atoms with E-state index < -0.39 is 0 Å². The molecule has 0 saturated carbocycles. The van der Waals surface area contributed by atoms with Crippen molar-refractivity contribution in [2.75, 3.05) is 19.8 Å². The summed E-state index contributed by atoms with van der Waals surface area (Å²) in [6.07, 6.45) is 8.05. The van der Waals surface area contributed by atoms with Gasteiger partial charge in [0.2, 0.25) is 5.91 Å². The average Bonchev–Trinajstić information content (AvgIpc) is 3.04. The van der Waals surface area contributed by atoms with Gasteiger partial charge in [-0.15, -0.1) is 0 Å². The van der Waals surface area contributed by atoms with Gasteiger partial charge in [-0.05, 0) is 32.3 Å². The van der Waals surface area contributed by atoms with E-state index in [0.29, 0.717) is 32.6 Å². The Hall–Kier alpha value is -2.28. The molecule has 1 atom stereocenters. The number of aromatic nitrogens is 4. The molecule has 3 rings (SSSR count). The third-order valence-electron chi connectivity index (χ3n) is 4.76. The summed E-state index contributed by atoms with van der Waals surface area (Å²) >= 11 is 0. The molecule has 1 saturated heterocycles. The Balaban J connectivity index is 1.57. The van der Waals surface area contributed by atoms with E-state index in [1.165, 1.54) is 0 Å². The molecule has 0 N–H and O–H groups in total. The smallest absolute Gasteiger partial charge is 0.223 e. The predicted molar refractivity (Wildman–Crippen MR) is 92.9 cm³/mol. The molecule has 0 aromatic carbocycles. The summed E-state index contributed by atoms with van der Waals surface area (Å²) in [5.74, 6) is 0.186. The average molecular weight is 343 g/mol. The van der Waals surface area contributed by atoms with E-state index in [0.717, 1.165) is 29.9 Å². The molecule has 1 aliphatic rings. The zero-order valence-electron chi connectivity index (χ0n) is 14.9. The molecule has 7 heteroatoms. The van der Waals surface area contributed by atoms with Gasteiger partial charge < -0.3 is 9.64 Å². The van der Waals surface area contributed by atoms with Crippen LogP contribution in [0.4, 0.5) is 0 Å². The van der Waals surface area contributed by atoms with Crippen molar-refractivity contribution in [2.45, 2.75) is 38.6 Å². The Bertz CT molecular complexity index is 715. The highest BCUT2D eigenvalue weighted by Gasteiger charge is 2.27. The van der Waals surface area contributed by atoms with Crippen LogP contribution in [0, 0.1) is 6.92 Å². The Morgan fingerprint density at radius 1 is 1.28 bits per heavy atom. The number of aryl methyl sites for hydroxylation is 4. The molecule has 0 spiro atoms.